The van der Waals surface area contributed by atoms with E-state index in [0.29, 0.717) is 36.3 Å². The van der Waals surface area contributed by atoms with Crippen LogP contribution in [0.5, 0.6) is 0 Å². The molecule has 3 atom stereocenters. The number of likely N-dealkylation sites (tertiary alicyclic amines) is 1. The number of rotatable bonds is 9. The molecule has 0 aromatic heterocycles. The maximum absolute atomic E-state index is 14.4. The normalized spacial score (nSPS) is 22.9. The fourth-order valence-electron chi connectivity index (χ4n) is 6.69. The molecule has 264 valence electrons. The summed E-state index contributed by atoms with van der Waals surface area (Å²) in [5.74, 6) is -1.96. The molecule has 2 aromatic rings. The van der Waals surface area contributed by atoms with E-state index in [1.54, 1.807) is 56.0 Å². The van der Waals surface area contributed by atoms with Crippen LogP contribution in [0, 0.1) is 11.8 Å². The van der Waals surface area contributed by atoms with Gasteiger partial charge in [-0.2, -0.15) is 0 Å². The molecule has 0 bridgehead atoms. The number of Topliss-reactive ketones (excluding diaryl/α,β-unsaturated/α-hetero) is 1. The van der Waals surface area contributed by atoms with E-state index in [0.717, 1.165) is 11.1 Å². The number of hydrogen-bond acceptors (Lipinski definition) is 8. The molecule has 3 aliphatic heterocycles. The Labute approximate surface area is 294 Å². The highest BCUT2D eigenvalue weighted by Gasteiger charge is 2.51. The average Bonchev–Trinajstić information content (AvgIpc) is 3.54. The minimum Gasteiger partial charge on any atom is -0.457 e. The summed E-state index contributed by atoms with van der Waals surface area (Å²) in [6.45, 7) is 13.6. The van der Waals surface area contributed by atoms with Gasteiger partial charge < -0.3 is 23.7 Å². The van der Waals surface area contributed by atoms with Crippen LogP contribution >= 0.6 is 11.6 Å². The topological polar surface area (TPSA) is 112 Å². The number of ether oxygens (including phenoxy) is 2. The minimum atomic E-state index is -0.830. The van der Waals surface area contributed by atoms with Gasteiger partial charge >= 0.3 is 19.2 Å². The van der Waals surface area contributed by atoms with Gasteiger partial charge in [-0.05, 0) is 90.4 Å². The van der Waals surface area contributed by atoms with E-state index in [-0.39, 0.29) is 50.8 Å². The lowest BCUT2D eigenvalue weighted by atomic mass is 9.79. The van der Waals surface area contributed by atoms with E-state index in [4.69, 9.17) is 30.4 Å². The van der Waals surface area contributed by atoms with E-state index < -0.39 is 40.8 Å². The molecule has 2 saturated heterocycles. The summed E-state index contributed by atoms with van der Waals surface area (Å²) in [6.07, 6.45) is 1.62. The highest BCUT2D eigenvalue weighted by Crippen LogP contribution is 2.39. The van der Waals surface area contributed by atoms with Gasteiger partial charge in [0.2, 0.25) is 5.91 Å². The lowest BCUT2D eigenvalue weighted by Crippen LogP contribution is -2.54. The first-order valence-corrected chi connectivity index (χ1v) is 17.5. The van der Waals surface area contributed by atoms with Crippen molar-refractivity contribution < 1.29 is 38.0 Å². The number of ketones is 1. The zero-order valence-corrected chi connectivity index (χ0v) is 30.4. The largest absolute Gasteiger partial charge is 0.457 e. The third-order valence-electron chi connectivity index (χ3n) is 10.0. The number of carbonyl (C=O) groups excluding carboxylic acids is 4. The highest BCUT2D eigenvalue weighted by atomic mass is 35.5. The van der Waals surface area contributed by atoms with Crippen LogP contribution in [-0.4, -0.2) is 83.2 Å². The van der Waals surface area contributed by atoms with Crippen LogP contribution in [0.1, 0.15) is 82.8 Å². The number of carbonyl (C=O) groups is 4. The van der Waals surface area contributed by atoms with Gasteiger partial charge in [-0.3, -0.25) is 19.3 Å². The van der Waals surface area contributed by atoms with Crippen LogP contribution in [0.4, 0.5) is 4.79 Å². The molecular formula is C37H48BClN2O8. The number of halogens is 1. The average molecular weight is 695 g/mol. The fourth-order valence-corrected chi connectivity index (χ4v) is 6.88. The van der Waals surface area contributed by atoms with Crippen molar-refractivity contribution in [3.63, 3.8) is 0 Å². The summed E-state index contributed by atoms with van der Waals surface area (Å²) >= 11 is 6.28. The summed E-state index contributed by atoms with van der Waals surface area (Å²) in [7, 11) is -0.378. The summed E-state index contributed by atoms with van der Waals surface area (Å²) in [5, 5.41) is 0.544. The third-order valence-corrected chi connectivity index (χ3v) is 10.3. The zero-order chi connectivity index (χ0) is 35.7. The molecule has 3 aliphatic rings. The van der Waals surface area contributed by atoms with Gasteiger partial charge in [0.15, 0.2) is 12.4 Å². The predicted octanol–water partition coefficient (Wildman–Crippen LogP) is 6.37. The lowest BCUT2D eigenvalue weighted by Gasteiger charge is -2.38. The Morgan fingerprint density at radius 2 is 1.63 bits per heavy atom. The minimum absolute atomic E-state index is 0.116. The van der Waals surface area contributed by atoms with Gasteiger partial charge in [-0.1, -0.05) is 54.4 Å². The number of esters is 1. The van der Waals surface area contributed by atoms with Crippen LogP contribution in [-0.2, 0) is 41.3 Å². The van der Waals surface area contributed by atoms with Crippen molar-refractivity contribution in [3.8, 4) is 0 Å². The first-order valence-electron chi connectivity index (χ1n) is 17.1. The van der Waals surface area contributed by atoms with Crippen LogP contribution in [0.3, 0.4) is 0 Å². The molecule has 0 radical (unpaired) electrons. The van der Waals surface area contributed by atoms with E-state index in [9.17, 15) is 19.2 Å². The summed E-state index contributed by atoms with van der Waals surface area (Å²) in [4.78, 5) is 57.3. The van der Waals surface area contributed by atoms with Crippen molar-refractivity contribution >= 4 is 42.5 Å². The Balaban J connectivity index is 1.32. The summed E-state index contributed by atoms with van der Waals surface area (Å²) < 4.78 is 23.7. The maximum atomic E-state index is 14.4. The van der Waals surface area contributed by atoms with E-state index in [1.165, 1.54) is 4.90 Å². The molecule has 3 heterocycles. The van der Waals surface area contributed by atoms with Crippen molar-refractivity contribution in [1.29, 1.82) is 0 Å². The summed E-state index contributed by atoms with van der Waals surface area (Å²) in [5.41, 5.74) is 0.580. The molecule has 0 saturated carbocycles. The monoisotopic (exact) mass is 694 g/mol. The van der Waals surface area contributed by atoms with Crippen molar-refractivity contribution in [2.24, 2.45) is 11.8 Å². The fraction of sp³-hybridized carbons (Fsp3) is 0.568. The second kappa shape index (κ2) is 14.4. The molecule has 2 aromatic carbocycles. The van der Waals surface area contributed by atoms with Crippen LogP contribution in [0.25, 0.3) is 0 Å². The third kappa shape index (κ3) is 8.67. The first-order chi connectivity index (χ1) is 22.9. The lowest BCUT2D eigenvalue weighted by molar-refractivity contribution is -0.148. The quantitative estimate of drug-likeness (QED) is 0.169. The van der Waals surface area contributed by atoms with E-state index >= 15 is 0 Å². The van der Waals surface area contributed by atoms with E-state index in [2.05, 4.69) is 0 Å². The van der Waals surface area contributed by atoms with Crippen LogP contribution in [0.15, 0.2) is 48.5 Å². The van der Waals surface area contributed by atoms with Crippen molar-refractivity contribution in [2.75, 3.05) is 19.7 Å². The van der Waals surface area contributed by atoms with E-state index in [1.807, 2.05) is 45.9 Å². The Morgan fingerprint density at radius 3 is 2.29 bits per heavy atom. The number of fused-ring (bicyclic) bond motifs is 1. The molecule has 0 spiro atoms. The molecule has 1 unspecified atom stereocenters. The number of amides is 2. The first kappa shape index (κ1) is 36.9. The molecule has 2 amide bonds. The summed E-state index contributed by atoms with van der Waals surface area (Å²) in [6, 6.07) is 13.3. The molecule has 0 aliphatic carbocycles. The molecule has 10 nitrogen and oxygen atoms in total. The number of benzene rings is 2. The van der Waals surface area contributed by atoms with Crippen LogP contribution < -0.4 is 0 Å². The molecule has 2 fully saturated rings. The molecule has 49 heavy (non-hydrogen) atoms. The SMILES string of the molecule is CC(C)(C)OC(=O)N1Cc2cc(Cl)ccc2CC1C(=O)N1C[C@H](CCCB2OC(C)(C)C(C)(C)O2)[C@H](C(=O)OCC(=O)c2ccccc2)C1. The van der Waals surface area contributed by atoms with Gasteiger partial charge in [-0.15, -0.1) is 0 Å². The Hall–Kier alpha value is -3.41. The van der Waals surface area contributed by atoms with Crippen molar-refractivity contribution in [3.05, 3.63) is 70.2 Å². The van der Waals surface area contributed by atoms with Gasteiger partial charge in [0.05, 0.1) is 23.7 Å². The van der Waals surface area contributed by atoms with Crippen molar-refractivity contribution in [1.82, 2.24) is 9.80 Å². The van der Waals surface area contributed by atoms with Crippen molar-refractivity contribution in [2.45, 2.75) is 103 Å². The number of nitrogens with zero attached hydrogens (tertiary/aromatic N) is 2. The standard InChI is InChI=1S/C37H48BClN2O8/c1-35(2,3)47-34(45)41-21-27-18-28(39)16-15-25(27)19-30(41)32(43)40-20-26(14-11-17-38-48-36(4,5)37(6,7)49-38)29(22-40)33(44)46-23-31(42)24-12-9-8-10-13-24/h8-10,12-13,15-16,18,26,29-30H,11,14,17,19-23H2,1-7H3/t26-,29+,30?/m0/s1. The van der Waals surface area contributed by atoms with Gasteiger partial charge in [0, 0.05) is 30.1 Å². The maximum Gasteiger partial charge on any atom is 0.457 e. The zero-order valence-electron chi connectivity index (χ0n) is 29.6. The Bertz CT molecular complexity index is 1540. The molecule has 12 heteroatoms. The Kier molecular flexibility index (Phi) is 10.9. The second-order valence-electron chi connectivity index (χ2n) is 15.4. The predicted molar refractivity (Wildman–Crippen MR) is 186 cm³/mol. The number of hydrogen-bond donors (Lipinski definition) is 0. The highest BCUT2D eigenvalue weighted by molar-refractivity contribution is 6.45. The Morgan fingerprint density at radius 1 is 0.959 bits per heavy atom. The molecule has 5 rings (SSSR count). The van der Waals surface area contributed by atoms with Gasteiger partial charge in [0.1, 0.15) is 11.6 Å². The van der Waals surface area contributed by atoms with Crippen LogP contribution in [0.2, 0.25) is 11.3 Å². The molecule has 0 N–H and O–H groups in total. The van der Waals surface area contributed by atoms with Gasteiger partial charge in [0.25, 0.3) is 0 Å². The smallest absolute Gasteiger partial charge is 0.457 e. The molecular weight excluding hydrogens is 647 g/mol. The van der Waals surface area contributed by atoms with Gasteiger partial charge in [-0.25, -0.2) is 4.79 Å². The second-order valence-corrected chi connectivity index (χ2v) is 15.8.